The summed E-state index contributed by atoms with van der Waals surface area (Å²) in [4.78, 5) is 25.8. The van der Waals surface area contributed by atoms with E-state index in [4.69, 9.17) is 14.2 Å². The average molecular weight is 426 g/mol. The third kappa shape index (κ3) is 5.01. The van der Waals surface area contributed by atoms with Crippen molar-refractivity contribution in [2.24, 2.45) is 0 Å². The molecule has 0 aliphatic heterocycles. The highest BCUT2D eigenvalue weighted by molar-refractivity contribution is 6.01. The van der Waals surface area contributed by atoms with Gasteiger partial charge in [0, 0.05) is 5.69 Å². The number of hydrogen-bond donors (Lipinski definition) is 1. The third-order valence-electron chi connectivity index (χ3n) is 5.89. The fourth-order valence-corrected chi connectivity index (χ4v) is 4.18. The van der Waals surface area contributed by atoms with Crippen LogP contribution in [0.4, 0.5) is 5.69 Å². The monoisotopic (exact) mass is 425 g/mol. The van der Waals surface area contributed by atoms with Gasteiger partial charge in [-0.2, -0.15) is 0 Å². The van der Waals surface area contributed by atoms with Crippen molar-refractivity contribution >= 4 is 17.6 Å². The Hall–Kier alpha value is -3.02. The first-order chi connectivity index (χ1) is 15.0. The Morgan fingerprint density at radius 3 is 2.32 bits per heavy atom. The molecule has 1 fully saturated rings. The van der Waals surface area contributed by atoms with E-state index in [1.54, 1.807) is 25.3 Å². The number of methoxy groups -OCH3 is 2. The number of hydrogen-bond acceptors (Lipinski definition) is 5. The summed E-state index contributed by atoms with van der Waals surface area (Å²) in [6.45, 7) is 2.49. The maximum atomic E-state index is 13.6. The summed E-state index contributed by atoms with van der Waals surface area (Å²) in [6.07, 6.45) is 5.51. The second-order valence-electron chi connectivity index (χ2n) is 7.88. The van der Waals surface area contributed by atoms with Crippen LogP contribution in [0.3, 0.4) is 0 Å². The minimum absolute atomic E-state index is 0.0598. The SMILES string of the molecule is CCCOc1ccc(NC(=O)C2(c3ccc(OC)cc3)CCCCC2)cc1C(=O)OC. The first kappa shape index (κ1) is 22.7. The number of carbonyl (C=O) groups excluding carboxylic acids is 2. The van der Waals surface area contributed by atoms with Crippen LogP contribution < -0.4 is 14.8 Å². The molecule has 1 amide bonds. The van der Waals surface area contributed by atoms with Crippen LogP contribution in [0.2, 0.25) is 0 Å². The number of benzene rings is 2. The molecule has 0 spiro atoms. The van der Waals surface area contributed by atoms with Crippen molar-refractivity contribution in [3.63, 3.8) is 0 Å². The molecule has 6 heteroatoms. The van der Waals surface area contributed by atoms with Gasteiger partial charge in [0.1, 0.15) is 17.1 Å². The molecule has 3 rings (SSSR count). The summed E-state index contributed by atoms with van der Waals surface area (Å²) >= 11 is 0. The molecule has 166 valence electrons. The Labute approximate surface area is 183 Å². The van der Waals surface area contributed by atoms with Crippen LogP contribution in [-0.2, 0) is 14.9 Å². The number of anilines is 1. The number of ether oxygens (including phenoxy) is 3. The van der Waals surface area contributed by atoms with E-state index in [1.807, 2.05) is 31.2 Å². The van der Waals surface area contributed by atoms with Crippen LogP contribution >= 0.6 is 0 Å². The van der Waals surface area contributed by atoms with Gasteiger partial charge in [0.05, 0.1) is 26.2 Å². The van der Waals surface area contributed by atoms with E-state index in [1.165, 1.54) is 7.11 Å². The molecular formula is C25H31NO5. The molecule has 0 aromatic heterocycles. The maximum Gasteiger partial charge on any atom is 0.341 e. The molecule has 0 unspecified atom stereocenters. The number of nitrogens with one attached hydrogen (secondary N) is 1. The molecule has 1 aliphatic carbocycles. The molecule has 2 aromatic carbocycles. The molecule has 31 heavy (non-hydrogen) atoms. The van der Waals surface area contributed by atoms with Gasteiger partial charge in [-0.15, -0.1) is 0 Å². The van der Waals surface area contributed by atoms with E-state index in [0.717, 1.165) is 49.8 Å². The van der Waals surface area contributed by atoms with Gasteiger partial charge in [0.15, 0.2) is 0 Å². The summed E-state index contributed by atoms with van der Waals surface area (Å²) in [5.41, 5.74) is 1.23. The van der Waals surface area contributed by atoms with Crippen molar-refractivity contribution in [2.45, 2.75) is 50.9 Å². The molecule has 1 aliphatic rings. The minimum atomic E-state index is -0.604. The molecule has 0 atom stereocenters. The fraction of sp³-hybridized carbons (Fsp3) is 0.440. The molecule has 0 heterocycles. The second-order valence-corrected chi connectivity index (χ2v) is 7.88. The van der Waals surface area contributed by atoms with E-state index < -0.39 is 11.4 Å². The lowest BCUT2D eigenvalue weighted by Crippen LogP contribution is -2.42. The summed E-state index contributed by atoms with van der Waals surface area (Å²) in [7, 11) is 2.96. The molecule has 0 bridgehead atoms. The lowest BCUT2D eigenvalue weighted by molar-refractivity contribution is -0.122. The Morgan fingerprint density at radius 2 is 1.71 bits per heavy atom. The van der Waals surface area contributed by atoms with Crippen molar-refractivity contribution in [1.82, 2.24) is 0 Å². The highest BCUT2D eigenvalue weighted by Crippen LogP contribution is 2.41. The normalized spacial score (nSPS) is 15.1. The van der Waals surface area contributed by atoms with Gasteiger partial charge in [-0.05, 0) is 55.2 Å². The van der Waals surface area contributed by atoms with E-state index in [0.29, 0.717) is 23.6 Å². The summed E-state index contributed by atoms with van der Waals surface area (Å²) < 4.78 is 15.8. The summed E-state index contributed by atoms with van der Waals surface area (Å²) in [6, 6.07) is 12.8. The Bertz CT molecular complexity index is 901. The van der Waals surface area contributed by atoms with Crippen molar-refractivity contribution in [2.75, 3.05) is 26.1 Å². The zero-order chi connectivity index (χ0) is 22.3. The van der Waals surface area contributed by atoms with Crippen LogP contribution in [0.15, 0.2) is 42.5 Å². The van der Waals surface area contributed by atoms with Crippen LogP contribution in [-0.4, -0.2) is 32.7 Å². The highest BCUT2D eigenvalue weighted by atomic mass is 16.5. The highest BCUT2D eigenvalue weighted by Gasteiger charge is 2.41. The zero-order valence-corrected chi connectivity index (χ0v) is 18.5. The van der Waals surface area contributed by atoms with Crippen LogP contribution in [0, 0.1) is 0 Å². The molecule has 6 nitrogen and oxygen atoms in total. The Kier molecular flexibility index (Phi) is 7.55. The van der Waals surface area contributed by atoms with Gasteiger partial charge in [-0.3, -0.25) is 4.79 Å². The van der Waals surface area contributed by atoms with Gasteiger partial charge in [-0.25, -0.2) is 4.79 Å². The van der Waals surface area contributed by atoms with Gasteiger partial charge in [-0.1, -0.05) is 38.3 Å². The largest absolute Gasteiger partial charge is 0.497 e. The van der Waals surface area contributed by atoms with Crippen LogP contribution in [0.5, 0.6) is 11.5 Å². The lowest BCUT2D eigenvalue weighted by atomic mass is 9.68. The first-order valence-electron chi connectivity index (χ1n) is 10.8. The lowest BCUT2D eigenvalue weighted by Gasteiger charge is -2.36. The number of rotatable bonds is 8. The quantitative estimate of drug-likeness (QED) is 0.595. The van der Waals surface area contributed by atoms with Gasteiger partial charge in [0.2, 0.25) is 5.91 Å². The maximum absolute atomic E-state index is 13.6. The summed E-state index contributed by atoms with van der Waals surface area (Å²) in [5.74, 6) is 0.662. The van der Waals surface area contributed by atoms with Crippen molar-refractivity contribution in [3.8, 4) is 11.5 Å². The summed E-state index contributed by atoms with van der Waals surface area (Å²) in [5, 5.41) is 3.05. The molecule has 0 radical (unpaired) electrons. The predicted octanol–water partition coefficient (Wildman–Crippen LogP) is 5.11. The first-order valence-corrected chi connectivity index (χ1v) is 10.8. The molecule has 2 aromatic rings. The van der Waals surface area contributed by atoms with Gasteiger partial charge >= 0.3 is 5.97 Å². The van der Waals surface area contributed by atoms with Crippen molar-refractivity contribution in [3.05, 3.63) is 53.6 Å². The van der Waals surface area contributed by atoms with Gasteiger partial charge in [0.25, 0.3) is 0 Å². The van der Waals surface area contributed by atoms with Crippen molar-refractivity contribution in [1.29, 1.82) is 0 Å². The predicted molar refractivity (Wildman–Crippen MR) is 120 cm³/mol. The Morgan fingerprint density at radius 1 is 1.00 bits per heavy atom. The van der Waals surface area contributed by atoms with Crippen LogP contribution in [0.25, 0.3) is 0 Å². The van der Waals surface area contributed by atoms with Crippen molar-refractivity contribution < 1.29 is 23.8 Å². The number of carbonyl (C=O) groups is 2. The van der Waals surface area contributed by atoms with Crippen LogP contribution in [0.1, 0.15) is 61.4 Å². The average Bonchev–Trinajstić information content (AvgIpc) is 2.83. The topological polar surface area (TPSA) is 73.9 Å². The standard InChI is InChI=1S/C25H31NO5/c1-4-16-31-22-13-10-19(17-21(22)23(27)30-3)26-24(28)25(14-6-5-7-15-25)18-8-11-20(29-2)12-9-18/h8-13,17H,4-7,14-16H2,1-3H3,(H,26,28). The van der Waals surface area contributed by atoms with E-state index in [2.05, 4.69) is 5.32 Å². The van der Waals surface area contributed by atoms with E-state index >= 15 is 0 Å². The molecule has 0 saturated heterocycles. The number of esters is 1. The second kappa shape index (κ2) is 10.3. The zero-order valence-electron chi connectivity index (χ0n) is 18.5. The molecular weight excluding hydrogens is 394 g/mol. The molecule has 1 N–H and O–H groups in total. The van der Waals surface area contributed by atoms with E-state index in [-0.39, 0.29) is 5.91 Å². The van der Waals surface area contributed by atoms with Gasteiger partial charge < -0.3 is 19.5 Å². The Balaban J connectivity index is 1.90. The third-order valence-corrected chi connectivity index (χ3v) is 5.89. The minimum Gasteiger partial charge on any atom is -0.497 e. The fourth-order valence-electron chi connectivity index (χ4n) is 4.18. The van der Waals surface area contributed by atoms with E-state index in [9.17, 15) is 9.59 Å². The smallest absolute Gasteiger partial charge is 0.341 e. The molecule has 1 saturated carbocycles. The number of amides is 1.